The predicted molar refractivity (Wildman–Crippen MR) is 122 cm³/mol. The van der Waals surface area contributed by atoms with E-state index < -0.39 is 6.04 Å². The summed E-state index contributed by atoms with van der Waals surface area (Å²) in [5.74, 6) is 0. The number of hydrogen-bond acceptors (Lipinski definition) is 3. The van der Waals surface area contributed by atoms with Crippen molar-refractivity contribution in [2.24, 2.45) is 0 Å². The van der Waals surface area contributed by atoms with Crippen LogP contribution in [0.1, 0.15) is 11.1 Å². The van der Waals surface area contributed by atoms with E-state index in [1.165, 1.54) is 27.8 Å². The molecule has 0 spiro atoms. The van der Waals surface area contributed by atoms with E-state index in [0.717, 1.165) is 19.2 Å². The van der Waals surface area contributed by atoms with Crippen molar-refractivity contribution in [2.45, 2.75) is 13.8 Å². The zero-order chi connectivity index (χ0) is 18.9. The second kappa shape index (κ2) is 7.50. The standard InChI is InChI=1S/C23H25N2PS/c1-19-8-12-21(13-9-19)24-16-25(22-14-10-20(2)11-15-22)18-26(27,17-24)23-6-4-3-5-7-23/h3-15H,16-18H2,1-2H3. The molecule has 1 aliphatic heterocycles. The van der Waals surface area contributed by atoms with Gasteiger partial charge in [0, 0.05) is 17.4 Å². The summed E-state index contributed by atoms with van der Waals surface area (Å²) in [6.45, 7) is 5.14. The maximum atomic E-state index is 6.35. The monoisotopic (exact) mass is 392 g/mol. The third-order valence-electron chi connectivity index (χ3n) is 5.16. The average Bonchev–Trinajstić information content (AvgIpc) is 2.69. The molecule has 4 rings (SSSR count). The molecule has 1 heterocycles. The molecule has 0 radical (unpaired) electrons. The normalized spacial score (nSPS) is 16.4. The number of benzene rings is 3. The number of hydrogen-bond donors (Lipinski definition) is 0. The summed E-state index contributed by atoms with van der Waals surface area (Å²) in [4.78, 5) is 4.91. The first-order chi connectivity index (χ1) is 13.0. The van der Waals surface area contributed by atoms with Gasteiger partial charge in [0.25, 0.3) is 0 Å². The molecule has 1 fully saturated rings. The van der Waals surface area contributed by atoms with Crippen LogP contribution in [0.4, 0.5) is 11.4 Å². The molecule has 1 saturated heterocycles. The van der Waals surface area contributed by atoms with Crippen molar-refractivity contribution in [1.29, 1.82) is 0 Å². The summed E-state index contributed by atoms with van der Waals surface area (Å²) in [5.41, 5.74) is 5.08. The lowest BCUT2D eigenvalue weighted by molar-refractivity contribution is 0.799. The van der Waals surface area contributed by atoms with Crippen LogP contribution in [0.15, 0.2) is 78.9 Å². The van der Waals surface area contributed by atoms with E-state index in [1.54, 1.807) is 0 Å². The molecule has 0 aromatic heterocycles. The molecule has 0 N–H and O–H groups in total. The number of nitrogens with zero attached hydrogens (tertiary/aromatic N) is 2. The fourth-order valence-electron chi connectivity index (χ4n) is 3.59. The van der Waals surface area contributed by atoms with Crippen LogP contribution in [0.2, 0.25) is 0 Å². The lowest BCUT2D eigenvalue weighted by Gasteiger charge is -2.44. The quantitative estimate of drug-likeness (QED) is 0.558. The summed E-state index contributed by atoms with van der Waals surface area (Å²) in [6.07, 6.45) is 1.88. The van der Waals surface area contributed by atoms with E-state index >= 15 is 0 Å². The van der Waals surface area contributed by atoms with Gasteiger partial charge in [0.15, 0.2) is 0 Å². The van der Waals surface area contributed by atoms with Crippen LogP contribution in [0.5, 0.6) is 0 Å². The summed E-state index contributed by atoms with van der Waals surface area (Å²) in [6, 6.07) is 26.6. The summed E-state index contributed by atoms with van der Waals surface area (Å²) < 4.78 is 0. The van der Waals surface area contributed by atoms with Crippen molar-refractivity contribution >= 4 is 34.5 Å². The van der Waals surface area contributed by atoms with Crippen molar-refractivity contribution in [2.75, 3.05) is 29.0 Å². The Morgan fingerprint density at radius 1 is 0.667 bits per heavy atom. The van der Waals surface area contributed by atoms with Crippen molar-refractivity contribution < 1.29 is 0 Å². The maximum absolute atomic E-state index is 6.35. The highest BCUT2D eigenvalue weighted by atomic mass is 32.4. The number of anilines is 2. The van der Waals surface area contributed by atoms with Crippen molar-refractivity contribution in [1.82, 2.24) is 0 Å². The molecule has 0 amide bonds. The minimum absolute atomic E-state index is 0.872. The topological polar surface area (TPSA) is 6.48 Å². The molecule has 27 heavy (non-hydrogen) atoms. The second-order valence-corrected chi connectivity index (χ2v) is 12.4. The Hall–Kier alpha value is -2.09. The van der Waals surface area contributed by atoms with Gasteiger partial charge in [0.2, 0.25) is 0 Å². The van der Waals surface area contributed by atoms with Crippen LogP contribution in [0.3, 0.4) is 0 Å². The molecule has 0 saturated carbocycles. The van der Waals surface area contributed by atoms with Crippen molar-refractivity contribution in [3.05, 3.63) is 90.0 Å². The summed E-state index contributed by atoms with van der Waals surface area (Å²) in [5, 5.41) is 1.33. The first-order valence-corrected chi connectivity index (χ1v) is 12.5. The fraction of sp³-hybridized carbons (Fsp3) is 0.217. The van der Waals surface area contributed by atoms with Crippen LogP contribution < -0.4 is 15.1 Å². The zero-order valence-corrected chi connectivity index (χ0v) is 17.6. The van der Waals surface area contributed by atoms with Gasteiger partial charge < -0.3 is 9.80 Å². The molecule has 2 nitrogen and oxygen atoms in total. The lowest BCUT2D eigenvalue weighted by atomic mass is 10.2. The molecule has 4 heteroatoms. The summed E-state index contributed by atoms with van der Waals surface area (Å²) >= 11 is 6.35. The smallest absolute Gasteiger partial charge is 0.0911 e. The first kappa shape index (κ1) is 18.3. The Kier molecular flexibility index (Phi) is 5.08. The van der Waals surface area contributed by atoms with Gasteiger partial charge >= 0.3 is 0 Å². The molecule has 0 atom stereocenters. The van der Waals surface area contributed by atoms with Gasteiger partial charge in [-0.25, -0.2) is 0 Å². The second-order valence-electron chi connectivity index (χ2n) is 7.40. The highest BCUT2D eigenvalue weighted by Gasteiger charge is 2.32. The Labute approximate surface area is 167 Å². The van der Waals surface area contributed by atoms with Crippen LogP contribution >= 0.6 is 6.04 Å². The molecule has 0 unspecified atom stereocenters. The molecule has 138 valence electrons. The van der Waals surface area contributed by atoms with Crippen molar-refractivity contribution in [3.8, 4) is 0 Å². The summed E-state index contributed by atoms with van der Waals surface area (Å²) in [7, 11) is 0. The predicted octanol–water partition coefficient (Wildman–Crippen LogP) is 5.31. The Balaban J connectivity index is 1.73. The minimum Gasteiger partial charge on any atom is -0.348 e. The minimum atomic E-state index is -1.75. The number of aryl methyl sites for hydroxylation is 2. The highest BCUT2D eigenvalue weighted by molar-refractivity contribution is 8.18. The van der Waals surface area contributed by atoms with E-state index in [9.17, 15) is 0 Å². The van der Waals surface area contributed by atoms with Crippen LogP contribution in [-0.2, 0) is 11.8 Å². The van der Waals surface area contributed by atoms with Crippen LogP contribution in [0, 0.1) is 13.8 Å². The highest BCUT2D eigenvalue weighted by Crippen LogP contribution is 2.50. The number of rotatable bonds is 3. The SMILES string of the molecule is Cc1ccc(N2CN(c3ccc(C)cc3)CP(=S)(c3ccccc3)C2)cc1. The molecule has 0 aliphatic carbocycles. The van der Waals surface area contributed by atoms with Gasteiger partial charge in [-0.3, -0.25) is 0 Å². The van der Waals surface area contributed by atoms with Gasteiger partial charge in [0.05, 0.1) is 19.2 Å². The van der Waals surface area contributed by atoms with Crippen LogP contribution in [-0.4, -0.2) is 19.2 Å². The van der Waals surface area contributed by atoms with Gasteiger partial charge in [-0.1, -0.05) is 77.5 Å². The third kappa shape index (κ3) is 3.95. The van der Waals surface area contributed by atoms with E-state index in [2.05, 4.69) is 103 Å². The average molecular weight is 393 g/mol. The zero-order valence-electron chi connectivity index (χ0n) is 15.9. The van der Waals surface area contributed by atoms with E-state index in [-0.39, 0.29) is 0 Å². The maximum Gasteiger partial charge on any atom is 0.0911 e. The molecule has 3 aromatic carbocycles. The third-order valence-corrected chi connectivity index (χ3v) is 9.33. The van der Waals surface area contributed by atoms with Crippen molar-refractivity contribution in [3.63, 3.8) is 0 Å². The van der Waals surface area contributed by atoms with Gasteiger partial charge in [-0.05, 0) is 43.4 Å². The molecule has 1 aliphatic rings. The molecule has 0 bridgehead atoms. The molecular weight excluding hydrogens is 367 g/mol. The van der Waals surface area contributed by atoms with E-state index in [1.807, 2.05) is 0 Å². The largest absolute Gasteiger partial charge is 0.348 e. The van der Waals surface area contributed by atoms with Gasteiger partial charge in [0.1, 0.15) is 0 Å². The molecular formula is C23H25N2PS. The lowest BCUT2D eigenvalue weighted by Crippen LogP contribution is -2.46. The van der Waals surface area contributed by atoms with Gasteiger partial charge in [-0.15, -0.1) is 0 Å². The fourth-order valence-corrected chi connectivity index (χ4v) is 7.53. The Bertz CT molecular complexity index is 894. The first-order valence-electron chi connectivity index (χ1n) is 9.30. The molecule has 3 aromatic rings. The van der Waals surface area contributed by atoms with Crippen LogP contribution in [0.25, 0.3) is 0 Å². The van der Waals surface area contributed by atoms with E-state index in [4.69, 9.17) is 11.8 Å². The van der Waals surface area contributed by atoms with E-state index in [0.29, 0.717) is 0 Å². The Morgan fingerprint density at radius 3 is 1.56 bits per heavy atom. The Morgan fingerprint density at radius 2 is 1.11 bits per heavy atom. The van der Waals surface area contributed by atoms with Gasteiger partial charge in [-0.2, -0.15) is 0 Å².